The van der Waals surface area contributed by atoms with Crippen molar-refractivity contribution in [1.29, 1.82) is 0 Å². The molecule has 2 fully saturated rings. The second-order valence-corrected chi connectivity index (χ2v) is 8.66. The number of hydrogen-bond acceptors (Lipinski definition) is 3. The van der Waals surface area contributed by atoms with Gasteiger partial charge in [-0.3, -0.25) is 9.88 Å². The Bertz CT molecular complexity index is 1050. The fraction of sp³-hybridized carbons (Fsp3) is 0.308. The number of fused-ring (bicyclic) bond motifs is 4. The molecule has 0 unspecified atom stereocenters. The van der Waals surface area contributed by atoms with Crippen LogP contribution in [0.25, 0.3) is 11.1 Å². The molecule has 0 spiro atoms. The number of amides is 1. The summed E-state index contributed by atoms with van der Waals surface area (Å²) in [5, 5.41) is 0. The standard InChI is InChI=1S/C26H24N2O2/c29-26(28-15-17-12-13-18(17)25(28)24-11-5-6-14-27-24)30-16-23-21-9-3-1-7-19(21)20-8-2-4-10-22(20)23/h1-11,14,17-18,23,25H,12-13,15-16H2/t17-,18-,25+/m0/s1. The molecule has 3 aromatic rings. The molecule has 1 saturated carbocycles. The Labute approximate surface area is 176 Å². The summed E-state index contributed by atoms with van der Waals surface area (Å²) in [6.07, 6.45) is 3.97. The van der Waals surface area contributed by atoms with Crippen LogP contribution in [0.2, 0.25) is 0 Å². The summed E-state index contributed by atoms with van der Waals surface area (Å²) in [6.45, 7) is 1.15. The molecule has 0 bridgehead atoms. The van der Waals surface area contributed by atoms with E-state index in [4.69, 9.17) is 4.74 Å². The summed E-state index contributed by atoms with van der Waals surface area (Å²) >= 11 is 0. The van der Waals surface area contributed by atoms with E-state index in [0.29, 0.717) is 18.4 Å². The second kappa shape index (κ2) is 6.98. The van der Waals surface area contributed by atoms with E-state index in [-0.39, 0.29) is 18.1 Å². The number of likely N-dealkylation sites (tertiary alicyclic amines) is 1. The second-order valence-electron chi connectivity index (χ2n) is 8.66. The number of carbonyl (C=O) groups is 1. The van der Waals surface area contributed by atoms with Gasteiger partial charge in [0.05, 0.1) is 11.7 Å². The number of carbonyl (C=O) groups excluding carboxylic acids is 1. The van der Waals surface area contributed by atoms with Crippen molar-refractivity contribution in [1.82, 2.24) is 9.88 Å². The Morgan fingerprint density at radius 2 is 1.63 bits per heavy atom. The van der Waals surface area contributed by atoms with Gasteiger partial charge in [-0.25, -0.2) is 4.79 Å². The summed E-state index contributed by atoms with van der Waals surface area (Å²) < 4.78 is 5.96. The number of nitrogens with zero attached hydrogens (tertiary/aromatic N) is 2. The fourth-order valence-electron chi connectivity index (χ4n) is 5.63. The van der Waals surface area contributed by atoms with Gasteiger partial charge in [0.2, 0.25) is 0 Å². The summed E-state index contributed by atoms with van der Waals surface area (Å²) in [5.41, 5.74) is 5.97. The molecule has 150 valence electrons. The lowest BCUT2D eigenvalue weighted by atomic mass is 9.72. The molecule has 0 N–H and O–H groups in total. The molecule has 1 saturated heterocycles. The predicted molar refractivity (Wildman–Crippen MR) is 115 cm³/mol. The molecule has 0 radical (unpaired) electrons. The smallest absolute Gasteiger partial charge is 0.410 e. The SMILES string of the molecule is O=C(OCC1c2ccccc2-c2ccccc21)N1C[C@@H]2CC[C@@H]2[C@@H]1c1ccccn1. The van der Waals surface area contributed by atoms with Crippen LogP contribution in [0.3, 0.4) is 0 Å². The molecule has 2 aromatic carbocycles. The Balaban J connectivity index is 1.24. The minimum absolute atomic E-state index is 0.0422. The highest BCUT2D eigenvalue weighted by Crippen LogP contribution is 2.52. The van der Waals surface area contributed by atoms with Crippen molar-refractivity contribution in [3.63, 3.8) is 0 Å². The fourth-order valence-corrected chi connectivity index (χ4v) is 5.63. The molecular formula is C26H24N2O2. The first-order valence-electron chi connectivity index (χ1n) is 10.8. The van der Waals surface area contributed by atoms with Gasteiger partial charge in [0, 0.05) is 18.7 Å². The van der Waals surface area contributed by atoms with Crippen molar-refractivity contribution in [2.75, 3.05) is 13.2 Å². The summed E-state index contributed by atoms with van der Waals surface area (Å²) in [6, 6.07) is 22.9. The average Bonchev–Trinajstić information content (AvgIpc) is 3.24. The topological polar surface area (TPSA) is 42.4 Å². The quantitative estimate of drug-likeness (QED) is 0.594. The molecule has 30 heavy (non-hydrogen) atoms. The van der Waals surface area contributed by atoms with E-state index in [0.717, 1.165) is 12.2 Å². The highest BCUT2D eigenvalue weighted by molar-refractivity contribution is 5.79. The highest BCUT2D eigenvalue weighted by atomic mass is 16.6. The van der Waals surface area contributed by atoms with Crippen molar-refractivity contribution in [2.24, 2.45) is 11.8 Å². The van der Waals surface area contributed by atoms with Crippen LogP contribution in [-0.4, -0.2) is 29.1 Å². The highest BCUT2D eigenvalue weighted by Gasteiger charge is 2.50. The zero-order chi connectivity index (χ0) is 20.1. The Morgan fingerprint density at radius 1 is 0.933 bits per heavy atom. The van der Waals surface area contributed by atoms with Crippen molar-refractivity contribution in [3.8, 4) is 11.1 Å². The van der Waals surface area contributed by atoms with Crippen LogP contribution >= 0.6 is 0 Å². The van der Waals surface area contributed by atoms with Crippen molar-refractivity contribution in [2.45, 2.75) is 24.8 Å². The first kappa shape index (κ1) is 17.7. The van der Waals surface area contributed by atoms with Crippen LogP contribution in [0.4, 0.5) is 4.79 Å². The maximum atomic E-state index is 13.2. The Morgan fingerprint density at radius 3 is 2.27 bits per heavy atom. The van der Waals surface area contributed by atoms with Crippen LogP contribution in [0.5, 0.6) is 0 Å². The normalized spacial score (nSPS) is 24.0. The van der Waals surface area contributed by atoms with Gasteiger partial charge in [0.15, 0.2) is 0 Å². The average molecular weight is 396 g/mol. The van der Waals surface area contributed by atoms with Crippen molar-refractivity contribution in [3.05, 3.63) is 89.7 Å². The maximum absolute atomic E-state index is 13.2. The maximum Gasteiger partial charge on any atom is 0.410 e. The van der Waals surface area contributed by atoms with Gasteiger partial charge in [0.1, 0.15) is 6.61 Å². The van der Waals surface area contributed by atoms with E-state index in [9.17, 15) is 4.79 Å². The van der Waals surface area contributed by atoms with Crippen molar-refractivity contribution >= 4 is 6.09 Å². The van der Waals surface area contributed by atoms with Gasteiger partial charge >= 0.3 is 6.09 Å². The molecule has 1 aliphatic heterocycles. The molecule has 1 aromatic heterocycles. The van der Waals surface area contributed by atoms with Gasteiger partial charge in [-0.15, -0.1) is 0 Å². The molecule has 2 heterocycles. The van der Waals surface area contributed by atoms with Gasteiger partial charge in [-0.05, 0) is 59.1 Å². The Hall–Kier alpha value is -3.14. The van der Waals surface area contributed by atoms with Crippen LogP contribution in [0.1, 0.15) is 41.6 Å². The van der Waals surface area contributed by atoms with Crippen LogP contribution in [0.15, 0.2) is 72.9 Å². The van der Waals surface area contributed by atoms with Crippen LogP contribution in [-0.2, 0) is 4.74 Å². The number of rotatable bonds is 3. The number of ether oxygens (including phenoxy) is 1. The molecule has 4 nitrogen and oxygen atoms in total. The molecule has 6 rings (SSSR count). The third-order valence-corrected chi connectivity index (χ3v) is 7.21. The third kappa shape index (κ3) is 2.67. The van der Waals surface area contributed by atoms with E-state index in [1.807, 2.05) is 29.3 Å². The van der Waals surface area contributed by atoms with Gasteiger partial charge in [0.25, 0.3) is 0 Å². The largest absolute Gasteiger partial charge is 0.448 e. The van der Waals surface area contributed by atoms with E-state index in [2.05, 4.69) is 53.5 Å². The molecule has 3 aliphatic rings. The summed E-state index contributed by atoms with van der Waals surface area (Å²) in [5.74, 6) is 1.19. The lowest BCUT2D eigenvalue weighted by molar-refractivity contribution is 0.0904. The summed E-state index contributed by atoms with van der Waals surface area (Å²) in [4.78, 5) is 19.7. The lowest BCUT2D eigenvalue weighted by Crippen LogP contribution is -2.33. The zero-order valence-corrected chi connectivity index (χ0v) is 16.8. The van der Waals surface area contributed by atoms with E-state index >= 15 is 0 Å². The van der Waals surface area contributed by atoms with E-state index < -0.39 is 0 Å². The number of hydrogen-bond donors (Lipinski definition) is 0. The summed E-state index contributed by atoms with van der Waals surface area (Å²) in [7, 11) is 0. The lowest BCUT2D eigenvalue weighted by Gasteiger charge is -2.33. The minimum Gasteiger partial charge on any atom is -0.448 e. The molecular weight excluding hydrogens is 372 g/mol. The number of pyridine rings is 1. The van der Waals surface area contributed by atoms with Crippen LogP contribution < -0.4 is 0 Å². The minimum atomic E-state index is -0.207. The van der Waals surface area contributed by atoms with E-state index in [1.165, 1.54) is 35.1 Å². The first-order chi connectivity index (χ1) is 14.8. The van der Waals surface area contributed by atoms with Crippen molar-refractivity contribution < 1.29 is 9.53 Å². The first-order valence-corrected chi connectivity index (χ1v) is 10.8. The van der Waals surface area contributed by atoms with E-state index in [1.54, 1.807) is 0 Å². The molecule has 4 heteroatoms. The molecule has 3 atom stereocenters. The Kier molecular flexibility index (Phi) is 4.12. The number of benzene rings is 2. The predicted octanol–water partition coefficient (Wildman–Crippen LogP) is 5.41. The zero-order valence-electron chi connectivity index (χ0n) is 16.8. The molecule has 1 amide bonds. The van der Waals surface area contributed by atoms with Gasteiger partial charge in [-0.2, -0.15) is 0 Å². The molecule has 2 aliphatic carbocycles. The van der Waals surface area contributed by atoms with Gasteiger partial charge in [-0.1, -0.05) is 54.6 Å². The number of aromatic nitrogens is 1. The monoisotopic (exact) mass is 396 g/mol. The van der Waals surface area contributed by atoms with Crippen LogP contribution in [0, 0.1) is 11.8 Å². The van der Waals surface area contributed by atoms with Gasteiger partial charge < -0.3 is 4.74 Å². The third-order valence-electron chi connectivity index (χ3n) is 7.21.